The first kappa shape index (κ1) is 37.4. The lowest BCUT2D eigenvalue weighted by Crippen LogP contribution is -2.42. The quantitative estimate of drug-likeness (QED) is 0.0516. The third-order valence-corrected chi connectivity index (χ3v) is 11.8. The van der Waals surface area contributed by atoms with Crippen molar-refractivity contribution in [1.29, 1.82) is 0 Å². The number of ether oxygens (including phenoxy) is 2. The topological polar surface area (TPSA) is 141 Å². The van der Waals surface area contributed by atoms with Crippen LogP contribution in [0, 0.1) is 0 Å². The molecule has 1 fully saturated rings. The fourth-order valence-corrected chi connectivity index (χ4v) is 8.59. The lowest BCUT2D eigenvalue weighted by atomic mass is 9.91. The van der Waals surface area contributed by atoms with Gasteiger partial charge < -0.3 is 39.7 Å². The number of aromatic nitrogens is 1. The molecular formula is C40H45N3O7S2. The zero-order valence-electron chi connectivity index (χ0n) is 29.2. The Morgan fingerprint density at radius 3 is 2.38 bits per heavy atom. The number of esters is 1. The molecule has 6 rings (SSSR count). The van der Waals surface area contributed by atoms with Gasteiger partial charge in [-0.1, -0.05) is 30.3 Å². The van der Waals surface area contributed by atoms with Gasteiger partial charge in [-0.25, -0.2) is 4.79 Å². The maximum atomic E-state index is 13.3. The molecule has 0 spiro atoms. The van der Waals surface area contributed by atoms with Gasteiger partial charge >= 0.3 is 5.97 Å². The van der Waals surface area contributed by atoms with E-state index in [2.05, 4.69) is 34.4 Å². The molecule has 0 saturated heterocycles. The minimum atomic E-state index is -1.77. The Kier molecular flexibility index (Phi) is 12.6. The number of nitrogens with zero attached hydrogens (tertiary/aromatic N) is 1. The standard InChI is InChI=1S/C40H45N3O7S2/c1-43(29-9-13-31(14-10-29)50-39(47)40(48,35-5-2-23-51-35)36-6-3-24-52-36)21-4-22-49-30-11-7-27(8-12-30)19-20-41-25-28(26-44)32-15-17-34(45)38-33(32)16-18-37(46)42-38/h2-3,5-8,11-12,15-18,23-24,26,28-29,31,41,45,48H,4,9-10,13-14,19-22,25H2,1H3,(H,42,46)/t28-,29?,31?/m1/s1. The molecule has 274 valence electrons. The number of pyridine rings is 1. The van der Waals surface area contributed by atoms with Crippen molar-refractivity contribution >= 4 is 45.8 Å². The van der Waals surface area contributed by atoms with Crippen LogP contribution in [0.1, 0.15) is 58.9 Å². The van der Waals surface area contributed by atoms with Crippen molar-refractivity contribution in [3.63, 3.8) is 0 Å². The summed E-state index contributed by atoms with van der Waals surface area (Å²) in [5.74, 6) is -0.225. The molecular weight excluding hydrogens is 699 g/mol. The molecule has 0 bridgehead atoms. The number of aliphatic hydroxyl groups is 1. The third kappa shape index (κ3) is 8.82. The molecule has 1 aliphatic rings. The molecule has 52 heavy (non-hydrogen) atoms. The van der Waals surface area contributed by atoms with Crippen LogP contribution in [0.25, 0.3) is 10.9 Å². The second kappa shape index (κ2) is 17.5. The highest BCUT2D eigenvalue weighted by Gasteiger charge is 2.45. The Morgan fingerprint density at radius 1 is 1.02 bits per heavy atom. The molecule has 3 heterocycles. The normalized spacial score (nSPS) is 16.9. The van der Waals surface area contributed by atoms with Crippen LogP contribution >= 0.6 is 22.7 Å². The molecule has 4 N–H and O–H groups in total. The van der Waals surface area contributed by atoms with Crippen molar-refractivity contribution in [2.45, 2.75) is 62.2 Å². The number of H-pyrrole nitrogens is 1. The van der Waals surface area contributed by atoms with Crippen LogP contribution in [0.2, 0.25) is 0 Å². The van der Waals surface area contributed by atoms with E-state index in [1.165, 1.54) is 34.8 Å². The number of fused-ring (bicyclic) bond motifs is 1. The molecule has 10 nitrogen and oxygen atoms in total. The summed E-state index contributed by atoms with van der Waals surface area (Å²) in [6.45, 7) is 2.62. The number of aldehydes is 1. The number of hydrogen-bond donors (Lipinski definition) is 4. The Morgan fingerprint density at radius 2 is 1.73 bits per heavy atom. The lowest BCUT2D eigenvalue weighted by Gasteiger charge is -2.35. The minimum absolute atomic E-state index is 0.0267. The van der Waals surface area contributed by atoms with E-state index in [0.717, 1.165) is 68.2 Å². The maximum absolute atomic E-state index is 13.3. The maximum Gasteiger partial charge on any atom is 0.349 e. The number of phenols is 1. The molecule has 0 aliphatic heterocycles. The first-order chi connectivity index (χ1) is 25.3. The number of aromatic amines is 1. The second-order valence-corrected chi connectivity index (χ2v) is 15.2. The summed E-state index contributed by atoms with van der Waals surface area (Å²) in [4.78, 5) is 43.2. The highest BCUT2D eigenvalue weighted by Crippen LogP contribution is 2.38. The van der Waals surface area contributed by atoms with Crippen LogP contribution < -0.4 is 15.6 Å². The number of carbonyl (C=O) groups excluding carboxylic acids is 2. The fourth-order valence-electron chi connectivity index (χ4n) is 6.87. The Hall–Kier alpha value is -4.33. The van der Waals surface area contributed by atoms with Crippen LogP contribution in [0.4, 0.5) is 0 Å². The van der Waals surface area contributed by atoms with Crippen LogP contribution in [-0.2, 0) is 26.3 Å². The monoisotopic (exact) mass is 743 g/mol. The van der Waals surface area contributed by atoms with Crippen molar-refractivity contribution in [3.05, 3.63) is 115 Å². The van der Waals surface area contributed by atoms with Crippen molar-refractivity contribution in [3.8, 4) is 11.5 Å². The van der Waals surface area contributed by atoms with E-state index in [1.807, 2.05) is 35.0 Å². The van der Waals surface area contributed by atoms with Gasteiger partial charge in [0, 0.05) is 30.6 Å². The molecule has 0 radical (unpaired) electrons. The Bertz CT molecular complexity index is 1920. The van der Waals surface area contributed by atoms with Crippen LogP contribution in [0.3, 0.4) is 0 Å². The van der Waals surface area contributed by atoms with Crippen molar-refractivity contribution in [2.75, 3.05) is 33.3 Å². The molecule has 1 saturated carbocycles. The summed E-state index contributed by atoms with van der Waals surface area (Å²) in [5.41, 5.74) is 0.155. The minimum Gasteiger partial charge on any atom is -0.506 e. The number of hydrogen-bond acceptors (Lipinski definition) is 11. The van der Waals surface area contributed by atoms with E-state index in [4.69, 9.17) is 9.47 Å². The van der Waals surface area contributed by atoms with Gasteiger partial charge in [0.05, 0.1) is 27.8 Å². The zero-order chi connectivity index (χ0) is 36.5. The lowest BCUT2D eigenvalue weighted by molar-refractivity contribution is -0.169. The van der Waals surface area contributed by atoms with Crippen molar-refractivity contribution in [2.24, 2.45) is 0 Å². The van der Waals surface area contributed by atoms with Gasteiger partial charge in [-0.3, -0.25) is 4.79 Å². The first-order valence-electron chi connectivity index (χ1n) is 17.7. The molecule has 3 aromatic heterocycles. The number of nitrogens with one attached hydrogen (secondary N) is 2. The highest BCUT2D eigenvalue weighted by atomic mass is 32.1. The molecule has 12 heteroatoms. The number of benzene rings is 2. The van der Waals surface area contributed by atoms with Crippen LogP contribution in [0.5, 0.6) is 11.5 Å². The number of thiophene rings is 2. The SMILES string of the molecule is CN(CCCOc1ccc(CCNC[C@H](C=O)c2ccc(O)c3[nH]c(=O)ccc23)cc1)C1CCC(OC(=O)C(O)(c2cccs2)c2cccs2)CC1. The number of aromatic hydroxyl groups is 1. The van der Waals surface area contributed by atoms with Gasteiger partial charge in [0.15, 0.2) is 0 Å². The molecule has 0 amide bonds. The fraction of sp³-hybridized carbons (Fsp3) is 0.375. The number of carbonyl (C=O) groups is 2. The zero-order valence-corrected chi connectivity index (χ0v) is 30.8. The van der Waals surface area contributed by atoms with Crippen LogP contribution in [-0.4, -0.2) is 77.8 Å². The van der Waals surface area contributed by atoms with Gasteiger partial charge in [-0.05, 0) is 110 Å². The molecule has 1 aliphatic carbocycles. The summed E-state index contributed by atoms with van der Waals surface area (Å²) < 4.78 is 11.9. The van der Waals surface area contributed by atoms with Crippen molar-refractivity contribution < 1.29 is 29.3 Å². The molecule has 0 unspecified atom stereocenters. The first-order valence-corrected chi connectivity index (χ1v) is 19.5. The van der Waals surface area contributed by atoms with E-state index in [9.17, 15) is 24.6 Å². The summed E-state index contributed by atoms with van der Waals surface area (Å²) in [7, 11) is 2.14. The van der Waals surface area contributed by atoms with E-state index in [1.54, 1.807) is 24.3 Å². The van der Waals surface area contributed by atoms with E-state index in [0.29, 0.717) is 46.4 Å². The molecule has 2 aromatic carbocycles. The summed E-state index contributed by atoms with van der Waals surface area (Å²) in [6.07, 6.45) is 5.73. The summed E-state index contributed by atoms with van der Waals surface area (Å²) in [6, 6.07) is 22.0. The molecule has 5 aromatic rings. The van der Waals surface area contributed by atoms with E-state index in [-0.39, 0.29) is 17.4 Å². The Balaban J connectivity index is 0.876. The predicted octanol–water partition coefficient (Wildman–Crippen LogP) is 5.96. The van der Waals surface area contributed by atoms with Gasteiger partial charge in [0.25, 0.3) is 0 Å². The molecule has 1 atom stereocenters. The summed E-state index contributed by atoms with van der Waals surface area (Å²) in [5, 5.41) is 29.4. The number of phenolic OH excluding ortho intramolecular Hbond substituents is 1. The van der Waals surface area contributed by atoms with Crippen molar-refractivity contribution in [1.82, 2.24) is 15.2 Å². The van der Waals surface area contributed by atoms with Gasteiger partial charge in [-0.15, -0.1) is 22.7 Å². The van der Waals surface area contributed by atoms with Gasteiger partial charge in [0.1, 0.15) is 23.9 Å². The highest BCUT2D eigenvalue weighted by molar-refractivity contribution is 7.12. The van der Waals surface area contributed by atoms with Crippen LogP contribution in [0.15, 0.2) is 88.4 Å². The average Bonchev–Trinajstić information content (AvgIpc) is 3.91. The second-order valence-electron chi connectivity index (χ2n) is 13.3. The number of rotatable bonds is 17. The summed E-state index contributed by atoms with van der Waals surface area (Å²) >= 11 is 2.70. The van der Waals surface area contributed by atoms with Gasteiger partial charge in [-0.2, -0.15) is 0 Å². The smallest absolute Gasteiger partial charge is 0.349 e. The third-order valence-electron chi connectivity index (χ3n) is 9.86. The largest absolute Gasteiger partial charge is 0.506 e. The Labute approximate surface area is 311 Å². The van der Waals surface area contributed by atoms with Gasteiger partial charge in [0.2, 0.25) is 11.2 Å². The average molecular weight is 744 g/mol. The van der Waals surface area contributed by atoms with E-state index < -0.39 is 17.5 Å². The van der Waals surface area contributed by atoms with E-state index >= 15 is 0 Å². The predicted molar refractivity (Wildman–Crippen MR) is 205 cm³/mol.